The van der Waals surface area contributed by atoms with Crippen molar-refractivity contribution >= 4 is 28.8 Å². The molecule has 0 aliphatic rings. The molecule has 1 aromatic carbocycles. The van der Waals surface area contributed by atoms with E-state index in [1.807, 2.05) is 29.7 Å². The van der Waals surface area contributed by atoms with Crippen molar-refractivity contribution in [2.24, 2.45) is 0 Å². The molecule has 16 heavy (non-hydrogen) atoms. The molecule has 2 nitrogen and oxygen atoms in total. The first kappa shape index (κ1) is 11.2. The van der Waals surface area contributed by atoms with E-state index in [9.17, 15) is 4.79 Å². The molecule has 2 aromatic rings. The summed E-state index contributed by atoms with van der Waals surface area (Å²) in [6, 6.07) is 6.08. The first-order valence-electron chi connectivity index (χ1n) is 5.42. The zero-order valence-electron chi connectivity index (χ0n) is 9.46. The largest absolute Gasteiger partial charge is 0.331 e. The molecule has 0 N–H and O–H groups in total. The Labute approximate surface area is 99.8 Å². The highest BCUT2D eigenvalue weighted by atomic mass is 35.5. The quantitative estimate of drug-likeness (QED) is 0.742. The number of halogens is 1. The van der Waals surface area contributed by atoms with Crippen LogP contribution in [0.25, 0.3) is 10.9 Å². The van der Waals surface area contributed by atoms with Crippen LogP contribution in [-0.2, 0) is 6.54 Å². The van der Waals surface area contributed by atoms with Crippen molar-refractivity contribution in [2.45, 2.75) is 26.8 Å². The summed E-state index contributed by atoms with van der Waals surface area (Å²) in [5.74, 6) is 0. The van der Waals surface area contributed by atoms with E-state index < -0.39 is 0 Å². The molecule has 0 atom stereocenters. The Kier molecular flexibility index (Phi) is 3.01. The van der Waals surface area contributed by atoms with Crippen molar-refractivity contribution in [1.82, 2.24) is 4.57 Å². The van der Waals surface area contributed by atoms with Crippen molar-refractivity contribution in [3.63, 3.8) is 0 Å². The molecular formula is C13H14ClNO. The number of nitrogens with zero attached hydrogens (tertiary/aromatic N) is 1. The van der Waals surface area contributed by atoms with Gasteiger partial charge in [0.2, 0.25) is 0 Å². The number of fused-ring (bicyclic) bond motifs is 1. The number of aromatic nitrogens is 1. The molecule has 0 radical (unpaired) electrons. The lowest BCUT2D eigenvalue weighted by Crippen LogP contribution is -1.96. The van der Waals surface area contributed by atoms with Crippen LogP contribution in [0.2, 0.25) is 5.15 Å². The molecule has 1 aromatic heterocycles. The zero-order chi connectivity index (χ0) is 11.7. The van der Waals surface area contributed by atoms with Crippen molar-refractivity contribution in [1.29, 1.82) is 0 Å². The molecule has 0 aliphatic carbocycles. The number of aldehydes is 1. The SMILES string of the molecule is CCCn1c(Cl)c(C=O)c2cc(C)ccc21. The highest BCUT2D eigenvalue weighted by Gasteiger charge is 2.14. The minimum absolute atomic E-state index is 0.553. The van der Waals surface area contributed by atoms with Crippen molar-refractivity contribution in [2.75, 3.05) is 0 Å². The van der Waals surface area contributed by atoms with E-state index in [-0.39, 0.29) is 0 Å². The van der Waals surface area contributed by atoms with Crippen LogP contribution in [0.15, 0.2) is 18.2 Å². The summed E-state index contributed by atoms with van der Waals surface area (Å²) in [5.41, 5.74) is 2.79. The van der Waals surface area contributed by atoms with Gasteiger partial charge in [-0.3, -0.25) is 4.79 Å². The predicted molar refractivity (Wildman–Crippen MR) is 67.4 cm³/mol. The van der Waals surface area contributed by atoms with Crippen LogP contribution in [0.3, 0.4) is 0 Å². The van der Waals surface area contributed by atoms with Crippen LogP contribution in [0.1, 0.15) is 29.3 Å². The molecular weight excluding hydrogens is 222 g/mol. The monoisotopic (exact) mass is 235 g/mol. The summed E-state index contributed by atoms with van der Waals surface area (Å²) >= 11 is 6.22. The fraction of sp³-hybridized carbons (Fsp3) is 0.308. The Balaban J connectivity index is 2.80. The van der Waals surface area contributed by atoms with Crippen LogP contribution in [0.4, 0.5) is 0 Å². The van der Waals surface area contributed by atoms with Crippen molar-refractivity contribution in [3.05, 3.63) is 34.5 Å². The summed E-state index contributed by atoms with van der Waals surface area (Å²) in [6.45, 7) is 4.95. The van der Waals surface area contributed by atoms with Gasteiger partial charge in [-0.05, 0) is 25.5 Å². The summed E-state index contributed by atoms with van der Waals surface area (Å²) in [7, 11) is 0. The third-order valence-corrected chi connectivity index (χ3v) is 3.16. The Bertz CT molecular complexity index is 542. The lowest BCUT2D eigenvalue weighted by molar-refractivity contribution is 0.112. The summed E-state index contributed by atoms with van der Waals surface area (Å²) in [6.07, 6.45) is 1.84. The van der Waals surface area contributed by atoms with Gasteiger partial charge in [-0.2, -0.15) is 0 Å². The molecule has 2 rings (SSSR count). The standard InChI is InChI=1S/C13H14ClNO/c1-3-6-15-12-5-4-9(2)7-10(12)11(8-16)13(15)14/h4-5,7-8H,3,6H2,1-2H3. The maximum atomic E-state index is 11.1. The molecule has 1 heterocycles. The summed E-state index contributed by atoms with van der Waals surface area (Å²) in [5, 5.41) is 1.51. The topological polar surface area (TPSA) is 22.0 Å². The van der Waals surface area contributed by atoms with E-state index in [2.05, 4.69) is 6.92 Å². The number of benzene rings is 1. The second kappa shape index (κ2) is 4.30. The second-order valence-electron chi connectivity index (χ2n) is 3.99. The third-order valence-electron chi connectivity index (χ3n) is 2.76. The van der Waals surface area contributed by atoms with Gasteiger partial charge in [-0.1, -0.05) is 30.2 Å². The first-order chi connectivity index (χ1) is 7.69. The molecule has 0 spiro atoms. The lowest BCUT2D eigenvalue weighted by Gasteiger charge is -2.04. The molecule has 0 unspecified atom stereocenters. The lowest BCUT2D eigenvalue weighted by atomic mass is 10.1. The maximum Gasteiger partial charge on any atom is 0.153 e. The summed E-state index contributed by atoms with van der Waals surface area (Å²) in [4.78, 5) is 11.1. The minimum atomic E-state index is 0.553. The maximum absolute atomic E-state index is 11.1. The van der Waals surface area contributed by atoms with E-state index >= 15 is 0 Å². The number of rotatable bonds is 3. The molecule has 84 valence electrons. The fourth-order valence-corrected chi connectivity index (χ4v) is 2.34. The van der Waals surface area contributed by atoms with Crippen LogP contribution < -0.4 is 0 Å². The van der Waals surface area contributed by atoms with E-state index in [4.69, 9.17) is 11.6 Å². The number of aryl methyl sites for hydroxylation is 2. The van der Waals surface area contributed by atoms with Crippen LogP contribution in [0, 0.1) is 6.92 Å². The van der Waals surface area contributed by atoms with Crippen LogP contribution >= 0.6 is 11.6 Å². The van der Waals surface area contributed by atoms with Gasteiger partial charge in [0, 0.05) is 17.4 Å². The third kappa shape index (κ3) is 1.63. The molecule has 0 bridgehead atoms. The van der Waals surface area contributed by atoms with Gasteiger partial charge < -0.3 is 4.57 Å². The van der Waals surface area contributed by atoms with Crippen molar-refractivity contribution < 1.29 is 4.79 Å². The van der Waals surface area contributed by atoms with E-state index in [0.717, 1.165) is 35.7 Å². The fourth-order valence-electron chi connectivity index (χ4n) is 2.02. The van der Waals surface area contributed by atoms with Gasteiger partial charge in [0.05, 0.1) is 5.56 Å². The Morgan fingerprint density at radius 3 is 2.81 bits per heavy atom. The molecule has 0 aliphatic heterocycles. The van der Waals surface area contributed by atoms with Gasteiger partial charge in [0.1, 0.15) is 5.15 Å². The number of hydrogen-bond acceptors (Lipinski definition) is 1. The number of carbonyl (C=O) groups excluding carboxylic acids is 1. The molecule has 0 saturated carbocycles. The van der Waals surface area contributed by atoms with E-state index in [1.165, 1.54) is 0 Å². The van der Waals surface area contributed by atoms with Crippen LogP contribution in [-0.4, -0.2) is 10.9 Å². The second-order valence-corrected chi connectivity index (χ2v) is 4.35. The molecule has 0 fully saturated rings. The van der Waals surface area contributed by atoms with E-state index in [1.54, 1.807) is 0 Å². The van der Waals surface area contributed by atoms with Gasteiger partial charge in [-0.25, -0.2) is 0 Å². The van der Waals surface area contributed by atoms with Gasteiger partial charge in [0.25, 0.3) is 0 Å². The van der Waals surface area contributed by atoms with Crippen molar-refractivity contribution in [3.8, 4) is 0 Å². The van der Waals surface area contributed by atoms with Gasteiger partial charge in [-0.15, -0.1) is 0 Å². The van der Waals surface area contributed by atoms with Gasteiger partial charge in [0.15, 0.2) is 6.29 Å². The summed E-state index contributed by atoms with van der Waals surface area (Å²) < 4.78 is 2.00. The average molecular weight is 236 g/mol. The number of carbonyl (C=O) groups is 1. The first-order valence-corrected chi connectivity index (χ1v) is 5.80. The highest BCUT2D eigenvalue weighted by molar-refractivity contribution is 6.34. The number of hydrogen-bond donors (Lipinski definition) is 0. The Morgan fingerprint density at radius 2 is 2.19 bits per heavy atom. The zero-order valence-corrected chi connectivity index (χ0v) is 10.2. The minimum Gasteiger partial charge on any atom is -0.331 e. The van der Waals surface area contributed by atoms with E-state index in [0.29, 0.717) is 10.7 Å². The highest BCUT2D eigenvalue weighted by Crippen LogP contribution is 2.29. The Hall–Kier alpha value is -1.28. The molecule has 3 heteroatoms. The average Bonchev–Trinajstić information content (AvgIpc) is 2.52. The van der Waals surface area contributed by atoms with Gasteiger partial charge >= 0.3 is 0 Å². The normalized spacial score (nSPS) is 10.9. The molecule has 0 amide bonds. The molecule has 0 saturated heterocycles. The Morgan fingerprint density at radius 1 is 1.44 bits per heavy atom. The smallest absolute Gasteiger partial charge is 0.153 e. The van der Waals surface area contributed by atoms with Crippen LogP contribution in [0.5, 0.6) is 0 Å². The predicted octanol–water partition coefficient (Wildman–Crippen LogP) is 3.83.